The number of rotatable bonds is 18. The van der Waals surface area contributed by atoms with Crippen molar-refractivity contribution < 1.29 is 23.8 Å². The van der Waals surface area contributed by atoms with Crippen LogP contribution in [0.2, 0.25) is 0 Å². The summed E-state index contributed by atoms with van der Waals surface area (Å²) in [5, 5.41) is 5.51. The third-order valence-corrected chi connectivity index (χ3v) is 5.44. The van der Waals surface area contributed by atoms with Crippen molar-refractivity contribution in [1.82, 2.24) is 10.6 Å². The van der Waals surface area contributed by atoms with Gasteiger partial charge in [-0.25, -0.2) is 0 Å². The lowest BCUT2D eigenvalue weighted by Gasteiger charge is -2.13. The van der Waals surface area contributed by atoms with Crippen molar-refractivity contribution in [2.24, 2.45) is 5.92 Å². The minimum atomic E-state index is 0. The first-order chi connectivity index (χ1) is 15.5. The Balaban J connectivity index is 0.0000102. The first-order valence-electron chi connectivity index (χ1n) is 11.8. The zero-order chi connectivity index (χ0) is 23.6. The Morgan fingerprint density at radius 3 is 2.42 bits per heavy atom. The van der Waals surface area contributed by atoms with E-state index in [-0.39, 0.29) is 30.1 Å². The lowest BCUT2D eigenvalue weighted by Crippen LogP contribution is -2.30. The van der Waals surface area contributed by atoms with Gasteiger partial charge in [0.2, 0.25) is 11.8 Å². The van der Waals surface area contributed by atoms with Crippen LogP contribution in [0.25, 0.3) is 0 Å². The molecule has 2 amide bonds. The molecule has 33 heavy (non-hydrogen) atoms. The fourth-order valence-electron chi connectivity index (χ4n) is 3.40. The van der Waals surface area contributed by atoms with Crippen LogP contribution >= 0.6 is 12.4 Å². The minimum absolute atomic E-state index is 0. The normalized spacial score (nSPS) is 11.3. The van der Waals surface area contributed by atoms with Crippen molar-refractivity contribution in [3.63, 3.8) is 0 Å². The van der Waals surface area contributed by atoms with Crippen LogP contribution in [0.3, 0.4) is 0 Å². The average molecular weight is 487 g/mol. The Hall–Kier alpha value is -1.99. The SMILES string of the molecule is CNC(=O)CCCNC(=O)[C@H](C)CCCCCCc1ccc(OC)c(OCCCOC)c1.Cl. The van der Waals surface area contributed by atoms with Crippen LogP contribution in [0.1, 0.15) is 63.9 Å². The van der Waals surface area contributed by atoms with Gasteiger partial charge in [-0.3, -0.25) is 9.59 Å². The number of carbonyl (C=O) groups is 2. The van der Waals surface area contributed by atoms with E-state index in [1.165, 1.54) is 5.56 Å². The largest absolute Gasteiger partial charge is 0.493 e. The van der Waals surface area contributed by atoms with E-state index in [1.807, 2.05) is 13.0 Å². The van der Waals surface area contributed by atoms with Crippen molar-refractivity contribution in [2.45, 2.75) is 64.7 Å². The van der Waals surface area contributed by atoms with E-state index >= 15 is 0 Å². The standard InChI is InChI=1S/C25H42N2O5.ClH/c1-20(25(29)27-16-9-13-24(28)26-2)11-7-5-6-8-12-21-14-15-22(31-4)23(19-21)32-18-10-17-30-3;/h14-15,19-20H,5-13,16-18H2,1-4H3,(H,26,28)(H,27,29);1H/t20-;/m1./s1. The van der Waals surface area contributed by atoms with Crippen molar-refractivity contribution in [3.8, 4) is 11.5 Å². The topological polar surface area (TPSA) is 85.9 Å². The molecule has 1 rings (SSSR count). The molecule has 0 spiro atoms. The molecule has 0 radical (unpaired) electrons. The highest BCUT2D eigenvalue weighted by Gasteiger charge is 2.12. The second kappa shape index (κ2) is 19.5. The molecule has 8 heteroatoms. The molecular weight excluding hydrogens is 444 g/mol. The smallest absolute Gasteiger partial charge is 0.222 e. The Morgan fingerprint density at radius 2 is 1.73 bits per heavy atom. The highest BCUT2D eigenvalue weighted by Crippen LogP contribution is 2.29. The first kappa shape index (κ1) is 31.0. The van der Waals surface area contributed by atoms with Gasteiger partial charge in [0.25, 0.3) is 0 Å². The molecular formula is C25H43ClN2O5. The van der Waals surface area contributed by atoms with Crippen LogP contribution < -0.4 is 20.1 Å². The molecule has 0 aliphatic carbocycles. The van der Waals surface area contributed by atoms with Crippen LogP contribution in [0, 0.1) is 5.92 Å². The van der Waals surface area contributed by atoms with Crippen molar-refractivity contribution in [2.75, 3.05) is 41.0 Å². The van der Waals surface area contributed by atoms with Gasteiger partial charge >= 0.3 is 0 Å². The Morgan fingerprint density at radius 1 is 0.970 bits per heavy atom. The number of hydrogen-bond acceptors (Lipinski definition) is 5. The monoisotopic (exact) mass is 486 g/mol. The summed E-state index contributed by atoms with van der Waals surface area (Å²) < 4.78 is 16.3. The van der Waals surface area contributed by atoms with Crippen molar-refractivity contribution >= 4 is 24.2 Å². The van der Waals surface area contributed by atoms with Crippen LogP contribution in [0.15, 0.2) is 18.2 Å². The second-order valence-electron chi connectivity index (χ2n) is 8.10. The lowest BCUT2D eigenvalue weighted by molar-refractivity contribution is -0.125. The number of methoxy groups -OCH3 is 2. The molecule has 2 N–H and O–H groups in total. The molecule has 0 aromatic heterocycles. The number of amides is 2. The maximum Gasteiger partial charge on any atom is 0.222 e. The number of aryl methyl sites for hydroxylation is 1. The quantitative estimate of drug-likeness (QED) is 0.302. The van der Waals surface area contributed by atoms with E-state index in [4.69, 9.17) is 14.2 Å². The predicted molar refractivity (Wildman–Crippen MR) is 134 cm³/mol. The fraction of sp³-hybridized carbons (Fsp3) is 0.680. The maximum absolute atomic E-state index is 12.1. The maximum atomic E-state index is 12.1. The highest BCUT2D eigenvalue weighted by atomic mass is 35.5. The molecule has 7 nitrogen and oxygen atoms in total. The molecule has 0 aliphatic rings. The van der Waals surface area contributed by atoms with Gasteiger partial charge in [-0.1, -0.05) is 32.3 Å². The number of halogens is 1. The molecule has 0 fully saturated rings. The van der Waals surface area contributed by atoms with E-state index < -0.39 is 0 Å². The number of unbranched alkanes of at least 4 members (excludes halogenated alkanes) is 3. The number of benzene rings is 1. The highest BCUT2D eigenvalue weighted by molar-refractivity contribution is 5.85. The summed E-state index contributed by atoms with van der Waals surface area (Å²) in [6.45, 7) is 3.81. The summed E-state index contributed by atoms with van der Waals surface area (Å²) in [5.74, 6) is 1.64. The predicted octanol–water partition coefficient (Wildman–Crippen LogP) is 4.30. The second-order valence-corrected chi connectivity index (χ2v) is 8.10. The van der Waals surface area contributed by atoms with Gasteiger partial charge in [-0.15, -0.1) is 12.4 Å². The summed E-state index contributed by atoms with van der Waals surface area (Å²) in [6, 6.07) is 6.13. The van der Waals surface area contributed by atoms with E-state index in [2.05, 4.69) is 22.8 Å². The summed E-state index contributed by atoms with van der Waals surface area (Å²) in [7, 11) is 4.97. The van der Waals surface area contributed by atoms with Gasteiger partial charge in [0.1, 0.15) is 0 Å². The molecule has 0 aliphatic heterocycles. The van der Waals surface area contributed by atoms with Gasteiger partial charge in [0.15, 0.2) is 11.5 Å². The van der Waals surface area contributed by atoms with Gasteiger partial charge in [0, 0.05) is 46.1 Å². The third kappa shape index (κ3) is 14.0. The van der Waals surface area contributed by atoms with Crippen LogP contribution in [-0.2, 0) is 20.7 Å². The molecule has 0 saturated carbocycles. The lowest BCUT2D eigenvalue weighted by atomic mass is 10.00. The number of carbonyl (C=O) groups excluding carboxylic acids is 2. The Kier molecular flexibility index (Phi) is 18.3. The summed E-state index contributed by atoms with van der Waals surface area (Å²) in [4.78, 5) is 23.3. The van der Waals surface area contributed by atoms with Crippen LogP contribution in [0.4, 0.5) is 0 Å². The fourth-order valence-corrected chi connectivity index (χ4v) is 3.40. The van der Waals surface area contributed by atoms with E-state index in [0.29, 0.717) is 32.6 Å². The number of ether oxygens (including phenoxy) is 3. The minimum Gasteiger partial charge on any atom is -0.493 e. The molecule has 1 aromatic rings. The van der Waals surface area contributed by atoms with Gasteiger partial charge in [-0.2, -0.15) is 0 Å². The molecule has 190 valence electrons. The van der Waals surface area contributed by atoms with Gasteiger partial charge in [-0.05, 0) is 43.4 Å². The van der Waals surface area contributed by atoms with E-state index in [0.717, 1.165) is 56.4 Å². The van der Waals surface area contributed by atoms with Crippen molar-refractivity contribution in [1.29, 1.82) is 0 Å². The molecule has 0 bridgehead atoms. The average Bonchev–Trinajstić information content (AvgIpc) is 2.81. The van der Waals surface area contributed by atoms with Gasteiger partial charge < -0.3 is 24.8 Å². The first-order valence-corrected chi connectivity index (χ1v) is 11.8. The summed E-state index contributed by atoms with van der Waals surface area (Å²) >= 11 is 0. The third-order valence-electron chi connectivity index (χ3n) is 5.44. The van der Waals surface area contributed by atoms with Gasteiger partial charge in [0.05, 0.1) is 13.7 Å². The van der Waals surface area contributed by atoms with Crippen LogP contribution in [0.5, 0.6) is 11.5 Å². The van der Waals surface area contributed by atoms with Crippen LogP contribution in [-0.4, -0.2) is 52.8 Å². The molecule has 0 unspecified atom stereocenters. The number of nitrogens with one attached hydrogen (secondary N) is 2. The molecule has 0 saturated heterocycles. The molecule has 1 aromatic carbocycles. The number of hydrogen-bond donors (Lipinski definition) is 2. The Labute approximate surface area is 205 Å². The van der Waals surface area contributed by atoms with E-state index in [1.54, 1.807) is 21.3 Å². The van der Waals surface area contributed by atoms with E-state index in [9.17, 15) is 9.59 Å². The Bertz CT molecular complexity index is 672. The summed E-state index contributed by atoms with van der Waals surface area (Å²) in [6.07, 6.45) is 8.25. The summed E-state index contributed by atoms with van der Waals surface area (Å²) in [5.41, 5.74) is 1.25. The molecule has 0 heterocycles. The zero-order valence-electron chi connectivity index (χ0n) is 20.7. The zero-order valence-corrected chi connectivity index (χ0v) is 21.6. The molecule has 1 atom stereocenters. The van der Waals surface area contributed by atoms with Crippen molar-refractivity contribution in [3.05, 3.63) is 23.8 Å².